The van der Waals surface area contributed by atoms with Crippen LogP contribution in [-0.2, 0) is 20.1 Å². The molecule has 0 bridgehead atoms. The fourth-order valence-electron chi connectivity index (χ4n) is 5.05. The Morgan fingerprint density at radius 2 is 1.70 bits per heavy atom. The summed E-state index contributed by atoms with van der Waals surface area (Å²) >= 11 is 1.60. The second-order valence-electron chi connectivity index (χ2n) is 12.3. The number of rotatable bonds is 5. The number of fused-ring (bicyclic) bond motifs is 3. The van der Waals surface area contributed by atoms with Gasteiger partial charge in [-0.2, -0.15) is 11.3 Å². The van der Waals surface area contributed by atoms with Crippen LogP contribution in [0, 0.1) is 24.8 Å². The summed E-state index contributed by atoms with van der Waals surface area (Å²) in [4.78, 5) is 9.09. The van der Waals surface area contributed by atoms with E-state index in [1.54, 1.807) is 29.5 Å². The number of aryl methyl sites for hydroxylation is 1. The van der Waals surface area contributed by atoms with Crippen molar-refractivity contribution in [3.05, 3.63) is 114 Å². The Bertz CT molecular complexity index is 2050. The van der Waals surface area contributed by atoms with E-state index in [9.17, 15) is 4.39 Å². The fourth-order valence-corrected chi connectivity index (χ4v) is 7.86. The largest absolute Gasteiger partial charge is 0.305 e. The number of benzene rings is 3. The van der Waals surface area contributed by atoms with E-state index in [0.29, 0.717) is 5.92 Å². The molecular weight excluding hydrogens is 756 g/mol. The molecule has 6 rings (SSSR count). The molecular formula is C38H39FIrN2SSi-2. The molecule has 44 heavy (non-hydrogen) atoms. The number of halogens is 1. The summed E-state index contributed by atoms with van der Waals surface area (Å²) in [5.41, 5.74) is 5.90. The van der Waals surface area contributed by atoms with Crippen molar-refractivity contribution < 1.29 is 30.0 Å². The minimum Gasteiger partial charge on any atom is -0.305 e. The maximum absolute atomic E-state index is 13.5. The van der Waals surface area contributed by atoms with Gasteiger partial charge in [0.1, 0.15) is 5.82 Å². The molecule has 0 aliphatic carbocycles. The van der Waals surface area contributed by atoms with E-state index in [2.05, 4.69) is 67.7 Å². The maximum atomic E-state index is 13.5. The van der Waals surface area contributed by atoms with Gasteiger partial charge in [-0.15, -0.1) is 59.2 Å². The summed E-state index contributed by atoms with van der Waals surface area (Å²) in [5, 5.41) is 3.41. The maximum Gasteiger partial charge on any atom is 0.124 e. The number of hydrogen-bond acceptors (Lipinski definition) is 3. The Balaban J connectivity index is 0.000000212. The van der Waals surface area contributed by atoms with Crippen LogP contribution >= 0.6 is 11.3 Å². The summed E-state index contributed by atoms with van der Waals surface area (Å²) < 4.78 is 46.4. The minimum atomic E-state index is -2.13. The summed E-state index contributed by atoms with van der Waals surface area (Å²) in [6.45, 7) is 12.7. The SMILES string of the molecule is CC(C)c1ccnc(-c2[c-]ccc3c2sc2cc(F)ccc23)c1.[2H]C([2H])([2H])c1c[c-]c(-c2cc(C([2H])(C)C)c([Si](C)(C)C)cn2)cc1.[Ir]. The molecule has 0 aliphatic heterocycles. The van der Waals surface area contributed by atoms with Crippen LogP contribution in [0.1, 0.15) is 61.7 Å². The van der Waals surface area contributed by atoms with Crippen molar-refractivity contribution in [2.45, 2.75) is 66.0 Å². The van der Waals surface area contributed by atoms with Crippen LogP contribution in [0.3, 0.4) is 0 Å². The van der Waals surface area contributed by atoms with Gasteiger partial charge >= 0.3 is 0 Å². The zero-order valence-corrected chi connectivity index (χ0v) is 30.3. The van der Waals surface area contributed by atoms with Crippen molar-refractivity contribution in [2.75, 3.05) is 0 Å². The van der Waals surface area contributed by atoms with Crippen LogP contribution in [0.5, 0.6) is 0 Å². The Labute approximate surface area is 285 Å². The van der Waals surface area contributed by atoms with Gasteiger partial charge in [-0.1, -0.05) is 88.9 Å². The van der Waals surface area contributed by atoms with E-state index in [1.807, 2.05) is 50.5 Å². The molecule has 0 unspecified atom stereocenters. The van der Waals surface area contributed by atoms with Gasteiger partial charge < -0.3 is 9.97 Å². The molecule has 3 aromatic carbocycles. The van der Waals surface area contributed by atoms with Crippen LogP contribution in [0.15, 0.2) is 79.1 Å². The normalized spacial score (nSPS) is 13.4. The Morgan fingerprint density at radius 3 is 2.36 bits per heavy atom. The first-order chi connectivity index (χ1) is 21.9. The first-order valence-corrected chi connectivity index (χ1v) is 18.8. The standard InChI is InChI=1S/C20H15FNS.C18H24NSi.Ir/c1-12(2)13-8-9-22-18(10-13)17-5-3-4-16-15-7-6-14(21)11-19(15)23-20(16)17;1-13(2)16-11-17(15-9-7-14(3)8-10-15)19-12-18(16)20(4,5)6;/h3-4,6-12H,1-2H3;7-9,11-13H,1-6H3;/q2*-1;/i;3D3,13D;. The Morgan fingerprint density at radius 1 is 0.909 bits per heavy atom. The van der Waals surface area contributed by atoms with E-state index in [0.717, 1.165) is 48.3 Å². The van der Waals surface area contributed by atoms with Gasteiger partial charge in [-0.25, -0.2) is 4.39 Å². The molecule has 0 saturated carbocycles. The van der Waals surface area contributed by atoms with Crippen molar-refractivity contribution in [1.29, 1.82) is 0 Å². The van der Waals surface area contributed by atoms with Crippen molar-refractivity contribution in [3.63, 3.8) is 0 Å². The van der Waals surface area contributed by atoms with Gasteiger partial charge in [-0.05, 0) is 56.7 Å². The third kappa shape index (κ3) is 7.43. The number of pyridine rings is 2. The van der Waals surface area contributed by atoms with Gasteiger partial charge in [0.05, 0.1) is 8.07 Å². The van der Waals surface area contributed by atoms with E-state index in [4.69, 9.17) is 5.48 Å². The Kier molecular flexibility index (Phi) is 9.02. The predicted molar refractivity (Wildman–Crippen MR) is 186 cm³/mol. The topological polar surface area (TPSA) is 25.8 Å². The van der Waals surface area contributed by atoms with Gasteiger partial charge in [0.25, 0.3) is 0 Å². The molecule has 3 aromatic heterocycles. The molecule has 0 fully saturated rings. The van der Waals surface area contributed by atoms with Crippen molar-refractivity contribution in [3.8, 4) is 22.5 Å². The quantitative estimate of drug-likeness (QED) is 0.128. The smallest absolute Gasteiger partial charge is 0.124 e. The third-order valence-electron chi connectivity index (χ3n) is 7.44. The average Bonchev–Trinajstić information content (AvgIpc) is 3.37. The molecule has 3 heterocycles. The molecule has 0 spiro atoms. The second kappa shape index (κ2) is 14.0. The van der Waals surface area contributed by atoms with Gasteiger partial charge in [0.15, 0.2) is 0 Å². The molecule has 1 radical (unpaired) electrons. The van der Waals surface area contributed by atoms with Gasteiger partial charge in [0, 0.05) is 42.7 Å². The van der Waals surface area contributed by atoms with Crippen LogP contribution in [0.2, 0.25) is 19.6 Å². The average molecular weight is 799 g/mol. The summed E-state index contributed by atoms with van der Waals surface area (Å²) in [7, 11) is -1.61. The molecule has 0 atom stereocenters. The first-order valence-electron chi connectivity index (χ1n) is 16.5. The first kappa shape index (κ1) is 28.5. The molecule has 0 N–H and O–H groups in total. The van der Waals surface area contributed by atoms with Crippen molar-refractivity contribution >= 4 is 44.8 Å². The zero-order chi connectivity index (χ0) is 34.3. The molecule has 6 heteroatoms. The van der Waals surface area contributed by atoms with E-state index in [1.165, 1.54) is 22.9 Å². The van der Waals surface area contributed by atoms with Crippen LogP contribution in [0.25, 0.3) is 42.7 Å². The molecule has 2 nitrogen and oxygen atoms in total. The van der Waals surface area contributed by atoms with Crippen LogP contribution in [-0.4, -0.2) is 18.0 Å². The second-order valence-corrected chi connectivity index (χ2v) is 18.4. The van der Waals surface area contributed by atoms with Crippen molar-refractivity contribution in [1.82, 2.24) is 9.97 Å². The zero-order valence-electron chi connectivity index (χ0n) is 30.1. The van der Waals surface area contributed by atoms with Crippen molar-refractivity contribution in [2.24, 2.45) is 0 Å². The number of hydrogen-bond donors (Lipinski definition) is 0. The summed E-state index contributed by atoms with van der Waals surface area (Å²) in [6, 6.07) is 26.3. The van der Waals surface area contributed by atoms with Crippen LogP contribution < -0.4 is 5.19 Å². The van der Waals surface area contributed by atoms with E-state index >= 15 is 0 Å². The van der Waals surface area contributed by atoms with Crippen LogP contribution in [0.4, 0.5) is 4.39 Å². The summed E-state index contributed by atoms with van der Waals surface area (Å²) in [5.74, 6) is -0.465. The number of aromatic nitrogens is 2. The minimum absolute atomic E-state index is 0. The van der Waals surface area contributed by atoms with E-state index in [-0.39, 0.29) is 31.5 Å². The molecule has 0 amide bonds. The molecule has 0 aliphatic rings. The number of nitrogens with zero attached hydrogens (tertiary/aromatic N) is 2. The van der Waals surface area contributed by atoms with Gasteiger partial charge in [-0.3, -0.25) is 0 Å². The van der Waals surface area contributed by atoms with Gasteiger partial charge in [0.2, 0.25) is 0 Å². The third-order valence-corrected chi connectivity index (χ3v) is 10.6. The fraction of sp³-hybridized carbons (Fsp3) is 0.263. The monoisotopic (exact) mass is 799 g/mol. The predicted octanol–water partition coefficient (Wildman–Crippen LogP) is 10.7. The molecule has 0 saturated heterocycles. The number of thiophene rings is 1. The molecule has 229 valence electrons. The summed E-state index contributed by atoms with van der Waals surface area (Å²) in [6.07, 6.45) is 3.74. The Hall–Kier alpha value is -3.02. The molecule has 6 aromatic rings. The van der Waals surface area contributed by atoms with E-state index < -0.39 is 20.8 Å².